The molecule has 5 nitrogen and oxygen atoms in total. The van der Waals surface area contributed by atoms with Crippen molar-refractivity contribution in [3.63, 3.8) is 0 Å². The van der Waals surface area contributed by atoms with Crippen LogP contribution in [0.2, 0.25) is 0 Å². The molecule has 116 valence electrons. The molecule has 0 aromatic carbocycles. The Balaban J connectivity index is 2.37. The number of likely N-dealkylation sites (tertiary alicyclic amines) is 1. The number of piperidine rings is 1. The molecule has 0 N–H and O–H groups in total. The smallest absolute Gasteiger partial charge is 0.410 e. The zero-order valence-electron chi connectivity index (χ0n) is 12.5. The van der Waals surface area contributed by atoms with Crippen LogP contribution in [0.15, 0.2) is 0 Å². The maximum atomic E-state index is 12.1. The summed E-state index contributed by atoms with van der Waals surface area (Å²) in [7, 11) is 0. The minimum atomic E-state index is -0.785. The number of hydrogen-bond acceptors (Lipinski definition) is 4. The van der Waals surface area contributed by atoms with Crippen LogP contribution in [-0.4, -0.2) is 41.2 Å². The van der Waals surface area contributed by atoms with Crippen molar-refractivity contribution in [3.05, 3.63) is 0 Å². The van der Waals surface area contributed by atoms with E-state index in [9.17, 15) is 9.59 Å². The van der Waals surface area contributed by atoms with Crippen LogP contribution in [0.5, 0.6) is 0 Å². The third-order valence-electron chi connectivity index (χ3n) is 3.46. The Morgan fingerprint density at radius 3 is 2.40 bits per heavy atom. The number of ether oxygens (including phenoxy) is 2. The Bertz CT molecular complexity index is 338. The molecule has 1 saturated heterocycles. The number of nitrogens with zero attached hydrogens (tertiary/aromatic N) is 1. The Morgan fingerprint density at radius 1 is 1.30 bits per heavy atom. The van der Waals surface area contributed by atoms with Gasteiger partial charge in [-0.15, -0.1) is 0 Å². The second-order valence-electron chi connectivity index (χ2n) is 5.77. The number of halogens is 1. The number of unbranched alkanes of at least 4 members (excludes halogenated alkanes) is 1. The zero-order valence-corrected chi connectivity index (χ0v) is 13.2. The van der Waals surface area contributed by atoms with E-state index in [0.29, 0.717) is 25.9 Å². The predicted molar refractivity (Wildman–Crippen MR) is 77.0 cm³/mol. The molecule has 1 amide bonds. The standard InChI is InChI=1S/C14H24ClNO4/c1-4-5-8-14(2,3)20-13(18)16-9-6-11(7-10-16)19-12(15)17/h11H,4-10H2,1-3H3. The van der Waals surface area contributed by atoms with E-state index in [0.717, 1.165) is 19.3 Å². The predicted octanol–water partition coefficient (Wildman–Crippen LogP) is 3.93. The SMILES string of the molecule is CCCCC(C)(C)OC(=O)N1CCC(OC(=O)Cl)CC1. The summed E-state index contributed by atoms with van der Waals surface area (Å²) < 4.78 is 10.5. The molecule has 1 rings (SSSR count). The Kier molecular flexibility index (Phi) is 6.59. The van der Waals surface area contributed by atoms with Crippen LogP contribution >= 0.6 is 11.6 Å². The van der Waals surface area contributed by atoms with Gasteiger partial charge in [-0.2, -0.15) is 0 Å². The summed E-state index contributed by atoms with van der Waals surface area (Å²) in [6.07, 6.45) is 3.69. The first kappa shape index (κ1) is 17.1. The average molecular weight is 306 g/mol. The summed E-state index contributed by atoms with van der Waals surface area (Å²) in [5, 5.41) is 0. The first-order valence-electron chi connectivity index (χ1n) is 7.18. The van der Waals surface area contributed by atoms with Gasteiger partial charge in [-0.25, -0.2) is 9.59 Å². The third-order valence-corrected chi connectivity index (χ3v) is 3.54. The first-order chi connectivity index (χ1) is 9.34. The molecule has 0 aromatic heterocycles. The van der Waals surface area contributed by atoms with Crippen molar-refractivity contribution in [2.45, 2.75) is 64.6 Å². The number of carbonyl (C=O) groups is 2. The van der Waals surface area contributed by atoms with E-state index in [-0.39, 0.29) is 12.2 Å². The molecule has 0 radical (unpaired) electrons. The molecule has 1 aliphatic heterocycles. The molecule has 6 heteroatoms. The lowest BCUT2D eigenvalue weighted by Gasteiger charge is -2.34. The van der Waals surface area contributed by atoms with Crippen LogP contribution in [-0.2, 0) is 9.47 Å². The summed E-state index contributed by atoms with van der Waals surface area (Å²) >= 11 is 5.18. The van der Waals surface area contributed by atoms with E-state index in [1.54, 1.807) is 4.90 Å². The van der Waals surface area contributed by atoms with E-state index in [1.807, 2.05) is 13.8 Å². The van der Waals surface area contributed by atoms with E-state index >= 15 is 0 Å². The van der Waals surface area contributed by atoms with Gasteiger partial charge in [-0.1, -0.05) is 13.3 Å². The minimum absolute atomic E-state index is 0.197. The van der Waals surface area contributed by atoms with Gasteiger partial charge >= 0.3 is 11.5 Å². The quantitative estimate of drug-likeness (QED) is 0.722. The van der Waals surface area contributed by atoms with Crippen molar-refractivity contribution in [1.29, 1.82) is 0 Å². The highest BCUT2D eigenvalue weighted by Gasteiger charge is 2.29. The van der Waals surface area contributed by atoms with Crippen LogP contribution < -0.4 is 0 Å². The van der Waals surface area contributed by atoms with Gasteiger partial charge in [0.15, 0.2) is 0 Å². The van der Waals surface area contributed by atoms with Crippen molar-refractivity contribution in [3.8, 4) is 0 Å². The fourth-order valence-corrected chi connectivity index (χ4v) is 2.37. The normalized spacial score (nSPS) is 16.9. The summed E-state index contributed by atoms with van der Waals surface area (Å²) in [6, 6.07) is 0. The van der Waals surface area contributed by atoms with Crippen LogP contribution in [0.25, 0.3) is 0 Å². The Labute approximate surface area is 125 Å². The van der Waals surface area contributed by atoms with Crippen molar-refractivity contribution < 1.29 is 19.1 Å². The third kappa shape index (κ3) is 5.99. The number of carbonyl (C=O) groups excluding carboxylic acids is 2. The van der Waals surface area contributed by atoms with Crippen LogP contribution in [0, 0.1) is 0 Å². The molecule has 1 aliphatic rings. The fraction of sp³-hybridized carbons (Fsp3) is 0.857. The van der Waals surface area contributed by atoms with Gasteiger partial charge in [0.25, 0.3) is 0 Å². The summed E-state index contributed by atoms with van der Waals surface area (Å²) in [4.78, 5) is 24.4. The molecule has 20 heavy (non-hydrogen) atoms. The van der Waals surface area contributed by atoms with E-state index in [1.165, 1.54) is 0 Å². The van der Waals surface area contributed by atoms with Crippen molar-refractivity contribution >= 4 is 23.1 Å². The second-order valence-corrected chi connectivity index (χ2v) is 6.08. The van der Waals surface area contributed by atoms with Crippen molar-refractivity contribution in [2.24, 2.45) is 0 Å². The second kappa shape index (κ2) is 7.72. The van der Waals surface area contributed by atoms with Crippen LogP contribution in [0.1, 0.15) is 52.9 Å². The molecule has 0 aliphatic carbocycles. The molecule has 0 aromatic rings. The van der Waals surface area contributed by atoms with Gasteiger partial charge in [0, 0.05) is 37.5 Å². The first-order valence-corrected chi connectivity index (χ1v) is 7.56. The molecule has 0 spiro atoms. The lowest BCUT2D eigenvalue weighted by molar-refractivity contribution is -0.00463. The highest BCUT2D eigenvalue weighted by molar-refractivity contribution is 6.61. The largest absolute Gasteiger partial charge is 0.450 e. The summed E-state index contributed by atoms with van der Waals surface area (Å²) in [5.74, 6) is 0. The van der Waals surface area contributed by atoms with Crippen LogP contribution in [0.3, 0.4) is 0 Å². The highest BCUT2D eigenvalue weighted by Crippen LogP contribution is 2.21. The molecule has 0 atom stereocenters. The van der Waals surface area contributed by atoms with Gasteiger partial charge in [0.05, 0.1) is 0 Å². The van der Waals surface area contributed by atoms with Gasteiger partial charge in [0.2, 0.25) is 0 Å². The maximum absolute atomic E-state index is 12.1. The molecule has 0 bridgehead atoms. The summed E-state index contributed by atoms with van der Waals surface area (Å²) in [5.41, 5.74) is -1.22. The lowest BCUT2D eigenvalue weighted by atomic mass is 10.0. The average Bonchev–Trinajstić information content (AvgIpc) is 2.36. The van der Waals surface area contributed by atoms with Gasteiger partial charge in [-0.05, 0) is 26.7 Å². The van der Waals surface area contributed by atoms with E-state index < -0.39 is 11.0 Å². The van der Waals surface area contributed by atoms with Gasteiger partial charge in [-0.3, -0.25) is 0 Å². The van der Waals surface area contributed by atoms with E-state index in [4.69, 9.17) is 21.1 Å². The molecule has 1 heterocycles. The number of amides is 1. The topological polar surface area (TPSA) is 55.8 Å². The molecular formula is C14H24ClNO4. The van der Waals surface area contributed by atoms with E-state index in [2.05, 4.69) is 6.92 Å². The summed E-state index contributed by atoms with van der Waals surface area (Å²) in [6.45, 7) is 7.03. The van der Waals surface area contributed by atoms with Crippen molar-refractivity contribution in [1.82, 2.24) is 4.90 Å². The monoisotopic (exact) mass is 305 g/mol. The number of rotatable bonds is 5. The molecule has 0 unspecified atom stereocenters. The van der Waals surface area contributed by atoms with Crippen LogP contribution in [0.4, 0.5) is 9.59 Å². The Hall–Kier alpha value is -0.970. The van der Waals surface area contributed by atoms with Crippen molar-refractivity contribution in [2.75, 3.05) is 13.1 Å². The lowest BCUT2D eigenvalue weighted by Crippen LogP contribution is -2.44. The molecule has 1 fully saturated rings. The fourth-order valence-electron chi connectivity index (χ4n) is 2.24. The Morgan fingerprint density at radius 2 is 1.90 bits per heavy atom. The minimum Gasteiger partial charge on any atom is -0.450 e. The molecule has 0 saturated carbocycles. The zero-order chi connectivity index (χ0) is 15.2. The number of hydrogen-bond donors (Lipinski definition) is 0. The van der Waals surface area contributed by atoms with Gasteiger partial charge < -0.3 is 14.4 Å². The maximum Gasteiger partial charge on any atom is 0.410 e. The highest BCUT2D eigenvalue weighted by atomic mass is 35.5. The molecular weight excluding hydrogens is 282 g/mol. The van der Waals surface area contributed by atoms with Gasteiger partial charge in [0.1, 0.15) is 11.7 Å².